The van der Waals surface area contributed by atoms with Gasteiger partial charge >= 0.3 is 0 Å². The van der Waals surface area contributed by atoms with Crippen LogP contribution in [0.4, 0.5) is 0 Å². The van der Waals surface area contributed by atoms with E-state index in [4.69, 9.17) is 0 Å². The fourth-order valence-electron chi connectivity index (χ4n) is 1.53. The average molecular weight is 258 g/mol. The fraction of sp³-hybridized carbons (Fsp3) is 0.938. The minimum absolute atomic E-state index is 0.318. The molecule has 0 amide bonds. The molecule has 0 fully saturated rings. The summed E-state index contributed by atoms with van der Waals surface area (Å²) >= 11 is 0. The Hall–Kier alpha value is -0.530. The van der Waals surface area contributed by atoms with Crippen LogP contribution in [0.5, 0.6) is 0 Å². The van der Waals surface area contributed by atoms with E-state index in [-0.39, 0.29) is 5.60 Å². The van der Waals surface area contributed by atoms with Crippen LogP contribution in [0.3, 0.4) is 0 Å². The highest BCUT2D eigenvalue weighted by molar-refractivity contribution is 5.37. The Kier molecular flexibility index (Phi) is 16.0. The number of rotatable bonds is 9. The molecule has 110 valence electrons. The van der Waals surface area contributed by atoms with Crippen molar-refractivity contribution in [2.45, 2.75) is 98.0 Å². The largest absolute Gasteiger partial charge is 0.462 e. The normalized spacial score (nSPS) is 10.5. The zero-order valence-corrected chi connectivity index (χ0v) is 13.3. The molecule has 0 aromatic carbocycles. The first-order chi connectivity index (χ1) is 8.47. The van der Waals surface area contributed by atoms with Gasteiger partial charge in [-0.2, -0.15) is 0 Å². The maximum atomic E-state index is 9.60. The summed E-state index contributed by atoms with van der Waals surface area (Å²) in [6.45, 7) is 10.5. The predicted molar refractivity (Wildman–Crippen MR) is 79.8 cm³/mol. The zero-order chi connectivity index (χ0) is 14.3. The first kappa shape index (κ1) is 19.8. The molecule has 2 heteroatoms. The molecule has 2 nitrogen and oxygen atoms in total. The van der Waals surface area contributed by atoms with Gasteiger partial charge in [-0.15, -0.1) is 0 Å². The van der Waals surface area contributed by atoms with Crippen LogP contribution in [0.2, 0.25) is 0 Å². The standard InChI is InChI=1S/C11H24.C5H10O2/c1-3-5-7-9-11-10-8-6-4-2;1-5(2,3)7-4-6/h3-11H2,1-2H3;4H,1-3H3. The third-order valence-electron chi connectivity index (χ3n) is 2.61. The smallest absolute Gasteiger partial charge is 0.293 e. The maximum Gasteiger partial charge on any atom is 0.293 e. The van der Waals surface area contributed by atoms with Crippen LogP contribution < -0.4 is 0 Å². The molecular formula is C16H34O2. The average Bonchev–Trinajstić information content (AvgIpc) is 2.27. The van der Waals surface area contributed by atoms with E-state index in [2.05, 4.69) is 18.6 Å². The lowest BCUT2D eigenvalue weighted by Crippen LogP contribution is -2.17. The Morgan fingerprint density at radius 1 is 0.778 bits per heavy atom. The summed E-state index contributed by atoms with van der Waals surface area (Å²) in [5, 5.41) is 0. The van der Waals surface area contributed by atoms with Gasteiger partial charge in [-0.25, -0.2) is 0 Å². The maximum absolute atomic E-state index is 9.60. The van der Waals surface area contributed by atoms with E-state index in [9.17, 15) is 4.79 Å². The summed E-state index contributed by atoms with van der Waals surface area (Å²) in [6, 6.07) is 0. The first-order valence-corrected chi connectivity index (χ1v) is 7.59. The molecule has 0 N–H and O–H groups in total. The number of unbranched alkanes of at least 4 members (excludes halogenated alkanes) is 8. The third-order valence-corrected chi connectivity index (χ3v) is 2.61. The molecule has 0 aliphatic rings. The summed E-state index contributed by atoms with van der Waals surface area (Å²) in [5.41, 5.74) is -0.318. The van der Waals surface area contributed by atoms with E-state index in [1.165, 1.54) is 57.8 Å². The molecule has 0 aromatic heterocycles. The van der Waals surface area contributed by atoms with Crippen molar-refractivity contribution in [2.24, 2.45) is 0 Å². The monoisotopic (exact) mass is 258 g/mol. The summed E-state index contributed by atoms with van der Waals surface area (Å²) < 4.78 is 4.55. The summed E-state index contributed by atoms with van der Waals surface area (Å²) in [7, 11) is 0. The Morgan fingerprint density at radius 3 is 1.28 bits per heavy atom. The van der Waals surface area contributed by atoms with Crippen LogP contribution in [-0.2, 0) is 9.53 Å². The fourth-order valence-corrected chi connectivity index (χ4v) is 1.53. The molecule has 18 heavy (non-hydrogen) atoms. The van der Waals surface area contributed by atoms with Gasteiger partial charge in [0.05, 0.1) is 0 Å². The van der Waals surface area contributed by atoms with Crippen molar-refractivity contribution < 1.29 is 9.53 Å². The van der Waals surface area contributed by atoms with E-state index >= 15 is 0 Å². The molecule has 0 aliphatic heterocycles. The van der Waals surface area contributed by atoms with Gasteiger partial charge in [0.2, 0.25) is 0 Å². The van der Waals surface area contributed by atoms with Gasteiger partial charge in [-0.05, 0) is 20.8 Å². The van der Waals surface area contributed by atoms with E-state index in [1.54, 1.807) is 0 Å². The van der Waals surface area contributed by atoms with E-state index in [0.29, 0.717) is 6.47 Å². The van der Waals surface area contributed by atoms with Gasteiger partial charge in [0.1, 0.15) is 5.60 Å². The van der Waals surface area contributed by atoms with Crippen LogP contribution in [0.15, 0.2) is 0 Å². The van der Waals surface area contributed by atoms with Crippen molar-refractivity contribution in [3.8, 4) is 0 Å². The van der Waals surface area contributed by atoms with Crippen molar-refractivity contribution in [3.63, 3.8) is 0 Å². The lowest BCUT2D eigenvalue weighted by atomic mass is 10.1. The van der Waals surface area contributed by atoms with E-state index in [1.807, 2.05) is 20.8 Å². The molecular weight excluding hydrogens is 224 g/mol. The molecule has 0 heterocycles. The molecule has 0 bridgehead atoms. The molecule has 0 radical (unpaired) electrons. The molecule has 0 aliphatic carbocycles. The van der Waals surface area contributed by atoms with Crippen molar-refractivity contribution in [1.29, 1.82) is 0 Å². The zero-order valence-electron chi connectivity index (χ0n) is 13.3. The quantitative estimate of drug-likeness (QED) is 0.403. The van der Waals surface area contributed by atoms with Crippen LogP contribution in [0, 0.1) is 0 Å². The number of carbonyl (C=O) groups excluding carboxylic acids is 1. The second-order valence-electron chi connectivity index (χ2n) is 5.80. The highest BCUT2D eigenvalue weighted by Crippen LogP contribution is 2.08. The van der Waals surface area contributed by atoms with Crippen molar-refractivity contribution in [3.05, 3.63) is 0 Å². The van der Waals surface area contributed by atoms with Crippen LogP contribution in [-0.4, -0.2) is 12.1 Å². The lowest BCUT2D eigenvalue weighted by molar-refractivity contribution is -0.138. The highest BCUT2D eigenvalue weighted by Gasteiger charge is 2.07. The van der Waals surface area contributed by atoms with Crippen molar-refractivity contribution in [1.82, 2.24) is 0 Å². The Balaban J connectivity index is 0. The summed E-state index contributed by atoms with van der Waals surface area (Å²) in [5.74, 6) is 0. The molecule has 0 saturated carbocycles. The predicted octanol–water partition coefficient (Wildman–Crippen LogP) is 5.50. The second-order valence-corrected chi connectivity index (χ2v) is 5.80. The van der Waals surface area contributed by atoms with Crippen LogP contribution in [0.1, 0.15) is 92.4 Å². The molecule has 0 rings (SSSR count). The van der Waals surface area contributed by atoms with Gasteiger partial charge in [0.15, 0.2) is 0 Å². The summed E-state index contributed by atoms with van der Waals surface area (Å²) in [4.78, 5) is 9.60. The van der Waals surface area contributed by atoms with Gasteiger partial charge < -0.3 is 4.74 Å². The number of hydrogen-bond acceptors (Lipinski definition) is 2. The molecule has 0 atom stereocenters. The SMILES string of the molecule is CC(C)(C)OC=O.CCCCCCCCCCC. The van der Waals surface area contributed by atoms with Crippen LogP contribution in [0.25, 0.3) is 0 Å². The number of carbonyl (C=O) groups is 1. The highest BCUT2D eigenvalue weighted by atomic mass is 16.5. The first-order valence-electron chi connectivity index (χ1n) is 7.59. The van der Waals surface area contributed by atoms with Gasteiger partial charge in [-0.3, -0.25) is 4.79 Å². The van der Waals surface area contributed by atoms with Gasteiger partial charge in [0.25, 0.3) is 6.47 Å². The minimum atomic E-state index is -0.318. The molecule has 0 aromatic rings. The van der Waals surface area contributed by atoms with Gasteiger partial charge in [-0.1, -0.05) is 71.6 Å². The van der Waals surface area contributed by atoms with Gasteiger partial charge in [0, 0.05) is 0 Å². The molecule has 0 saturated heterocycles. The van der Waals surface area contributed by atoms with Crippen molar-refractivity contribution in [2.75, 3.05) is 0 Å². The van der Waals surface area contributed by atoms with Crippen LogP contribution >= 0.6 is 0 Å². The lowest BCUT2D eigenvalue weighted by Gasteiger charge is -2.14. The van der Waals surface area contributed by atoms with E-state index in [0.717, 1.165) is 0 Å². The summed E-state index contributed by atoms with van der Waals surface area (Å²) in [6.07, 6.45) is 13.0. The minimum Gasteiger partial charge on any atom is -0.462 e. The second kappa shape index (κ2) is 14.5. The third kappa shape index (κ3) is 24.6. The number of ether oxygens (including phenoxy) is 1. The van der Waals surface area contributed by atoms with Crippen molar-refractivity contribution >= 4 is 6.47 Å². The molecule has 0 unspecified atom stereocenters. The Bertz CT molecular complexity index is 151. The Labute approximate surface area is 114 Å². The topological polar surface area (TPSA) is 26.3 Å². The molecule has 0 spiro atoms. The Morgan fingerprint density at radius 2 is 1.11 bits per heavy atom. The van der Waals surface area contributed by atoms with E-state index < -0.39 is 0 Å². The number of hydrogen-bond donors (Lipinski definition) is 0.